The zero-order chi connectivity index (χ0) is 14.4. The molecule has 0 spiro atoms. The molecule has 106 valence electrons. The predicted octanol–water partition coefficient (Wildman–Crippen LogP) is 3.18. The smallest absolute Gasteiger partial charge is 0.220 e. The van der Waals surface area contributed by atoms with E-state index in [9.17, 15) is 4.79 Å². The Morgan fingerprint density at radius 3 is 2.70 bits per heavy atom. The van der Waals surface area contributed by atoms with Crippen LogP contribution in [0.2, 0.25) is 0 Å². The Balaban J connectivity index is 1.86. The van der Waals surface area contributed by atoms with Gasteiger partial charge in [-0.2, -0.15) is 11.3 Å². The second kappa shape index (κ2) is 6.96. The average Bonchev–Trinajstić information content (AvgIpc) is 2.94. The SMILES string of the molecule is CC(Nc1ccc(OCCC(N)=O)cc1)c1ccsc1. The van der Waals surface area contributed by atoms with E-state index in [4.69, 9.17) is 10.5 Å². The van der Waals surface area contributed by atoms with E-state index in [1.54, 1.807) is 11.3 Å². The molecule has 3 N–H and O–H groups in total. The van der Waals surface area contributed by atoms with Gasteiger partial charge in [-0.3, -0.25) is 4.79 Å². The molecule has 1 aromatic carbocycles. The van der Waals surface area contributed by atoms with E-state index in [1.807, 2.05) is 24.3 Å². The summed E-state index contributed by atoms with van der Waals surface area (Å²) in [6, 6.07) is 10.1. The summed E-state index contributed by atoms with van der Waals surface area (Å²) in [6.45, 7) is 2.44. The molecule has 4 nitrogen and oxygen atoms in total. The van der Waals surface area contributed by atoms with Crippen LogP contribution in [0.15, 0.2) is 41.1 Å². The van der Waals surface area contributed by atoms with E-state index in [0.717, 1.165) is 11.4 Å². The molecule has 5 heteroatoms. The van der Waals surface area contributed by atoms with Gasteiger partial charge in [0.2, 0.25) is 5.91 Å². The van der Waals surface area contributed by atoms with Gasteiger partial charge in [0.15, 0.2) is 0 Å². The van der Waals surface area contributed by atoms with Crippen LogP contribution in [-0.2, 0) is 4.79 Å². The van der Waals surface area contributed by atoms with Gasteiger partial charge in [-0.1, -0.05) is 0 Å². The molecule has 2 aromatic rings. The largest absolute Gasteiger partial charge is 0.493 e. The minimum Gasteiger partial charge on any atom is -0.493 e. The van der Waals surface area contributed by atoms with Gasteiger partial charge >= 0.3 is 0 Å². The highest BCUT2D eigenvalue weighted by Gasteiger charge is 2.05. The number of rotatable bonds is 7. The Kier molecular flexibility index (Phi) is 5.01. The lowest BCUT2D eigenvalue weighted by molar-refractivity contribution is -0.118. The monoisotopic (exact) mass is 290 g/mol. The normalized spacial score (nSPS) is 11.8. The Labute approximate surface area is 122 Å². The zero-order valence-corrected chi connectivity index (χ0v) is 12.2. The van der Waals surface area contributed by atoms with Crippen molar-refractivity contribution >= 4 is 22.9 Å². The number of nitrogens with one attached hydrogen (secondary N) is 1. The number of ether oxygens (including phenoxy) is 1. The summed E-state index contributed by atoms with van der Waals surface area (Å²) in [5.41, 5.74) is 7.36. The summed E-state index contributed by atoms with van der Waals surface area (Å²) in [7, 11) is 0. The predicted molar refractivity (Wildman–Crippen MR) is 82.1 cm³/mol. The highest BCUT2D eigenvalue weighted by atomic mass is 32.1. The van der Waals surface area contributed by atoms with Crippen molar-refractivity contribution in [2.24, 2.45) is 5.73 Å². The highest BCUT2D eigenvalue weighted by Crippen LogP contribution is 2.23. The lowest BCUT2D eigenvalue weighted by atomic mass is 10.1. The van der Waals surface area contributed by atoms with Gasteiger partial charge in [-0.05, 0) is 53.6 Å². The first-order valence-electron chi connectivity index (χ1n) is 6.45. The number of nitrogens with two attached hydrogens (primary N) is 1. The number of carbonyl (C=O) groups is 1. The maximum absolute atomic E-state index is 10.6. The summed E-state index contributed by atoms with van der Waals surface area (Å²) in [5, 5.41) is 7.63. The van der Waals surface area contributed by atoms with Crippen LogP contribution in [0.4, 0.5) is 5.69 Å². The van der Waals surface area contributed by atoms with Crippen LogP contribution in [0.1, 0.15) is 24.9 Å². The molecule has 0 fully saturated rings. The van der Waals surface area contributed by atoms with E-state index in [-0.39, 0.29) is 18.4 Å². The molecule has 0 saturated carbocycles. The molecule has 0 saturated heterocycles. The first-order valence-corrected chi connectivity index (χ1v) is 7.39. The van der Waals surface area contributed by atoms with Crippen molar-refractivity contribution in [1.82, 2.24) is 0 Å². The molecule has 1 aromatic heterocycles. The highest BCUT2D eigenvalue weighted by molar-refractivity contribution is 7.07. The molecule has 2 rings (SSSR count). The van der Waals surface area contributed by atoms with E-state index in [1.165, 1.54) is 5.56 Å². The first kappa shape index (κ1) is 14.4. The molecule has 0 aliphatic rings. The van der Waals surface area contributed by atoms with Gasteiger partial charge in [0.05, 0.1) is 13.0 Å². The number of carbonyl (C=O) groups excluding carboxylic acids is 1. The van der Waals surface area contributed by atoms with Crippen LogP contribution in [0.3, 0.4) is 0 Å². The number of hydrogen-bond donors (Lipinski definition) is 2. The van der Waals surface area contributed by atoms with Gasteiger partial charge in [-0.25, -0.2) is 0 Å². The Hall–Kier alpha value is -2.01. The maximum Gasteiger partial charge on any atom is 0.220 e. The molecule has 0 aliphatic carbocycles. The van der Waals surface area contributed by atoms with E-state index >= 15 is 0 Å². The number of primary amides is 1. The third-order valence-electron chi connectivity index (χ3n) is 2.90. The van der Waals surface area contributed by atoms with Gasteiger partial charge in [0, 0.05) is 11.7 Å². The minimum atomic E-state index is -0.354. The average molecular weight is 290 g/mol. The zero-order valence-electron chi connectivity index (χ0n) is 11.3. The van der Waals surface area contributed by atoms with Crippen molar-refractivity contribution in [3.05, 3.63) is 46.7 Å². The summed E-state index contributed by atoms with van der Waals surface area (Å²) >= 11 is 1.69. The molecule has 0 bridgehead atoms. The van der Waals surface area contributed by atoms with E-state index < -0.39 is 0 Å². The molecular formula is C15H18N2O2S. The van der Waals surface area contributed by atoms with E-state index in [2.05, 4.69) is 29.1 Å². The lowest BCUT2D eigenvalue weighted by Crippen LogP contribution is -2.14. The number of benzene rings is 1. The third-order valence-corrected chi connectivity index (χ3v) is 3.60. The van der Waals surface area contributed by atoms with Crippen molar-refractivity contribution < 1.29 is 9.53 Å². The van der Waals surface area contributed by atoms with Gasteiger partial charge in [-0.15, -0.1) is 0 Å². The minimum absolute atomic E-state index is 0.231. The molecule has 1 amide bonds. The molecular weight excluding hydrogens is 272 g/mol. The summed E-state index contributed by atoms with van der Waals surface area (Å²) in [6.07, 6.45) is 0.231. The van der Waals surface area contributed by atoms with Crippen molar-refractivity contribution in [3.8, 4) is 5.75 Å². The van der Waals surface area contributed by atoms with Crippen LogP contribution < -0.4 is 15.8 Å². The van der Waals surface area contributed by atoms with Crippen molar-refractivity contribution in [1.29, 1.82) is 0 Å². The number of hydrogen-bond acceptors (Lipinski definition) is 4. The lowest BCUT2D eigenvalue weighted by Gasteiger charge is -2.14. The summed E-state index contributed by atoms with van der Waals surface area (Å²) in [5.74, 6) is 0.382. The Bertz CT molecular complexity index is 538. The van der Waals surface area contributed by atoms with Crippen molar-refractivity contribution in [2.75, 3.05) is 11.9 Å². The van der Waals surface area contributed by atoms with Gasteiger partial charge < -0.3 is 15.8 Å². The second-order valence-corrected chi connectivity index (χ2v) is 5.29. The standard InChI is InChI=1S/C15H18N2O2S/c1-11(12-7-9-20-10-12)17-13-2-4-14(5-3-13)19-8-6-15(16)18/h2-5,7,9-11,17H,6,8H2,1H3,(H2,16,18). The number of anilines is 1. The quantitative estimate of drug-likeness (QED) is 0.823. The topological polar surface area (TPSA) is 64.3 Å². The summed E-state index contributed by atoms with van der Waals surface area (Å²) in [4.78, 5) is 10.6. The maximum atomic E-state index is 10.6. The third kappa shape index (κ3) is 4.28. The van der Waals surface area contributed by atoms with Crippen LogP contribution in [-0.4, -0.2) is 12.5 Å². The van der Waals surface area contributed by atoms with Crippen LogP contribution >= 0.6 is 11.3 Å². The molecule has 1 heterocycles. The van der Waals surface area contributed by atoms with Crippen LogP contribution in [0.5, 0.6) is 5.75 Å². The number of thiophene rings is 1. The van der Waals surface area contributed by atoms with Crippen molar-refractivity contribution in [2.45, 2.75) is 19.4 Å². The second-order valence-electron chi connectivity index (χ2n) is 4.51. The van der Waals surface area contributed by atoms with Crippen molar-refractivity contribution in [3.63, 3.8) is 0 Å². The Morgan fingerprint density at radius 2 is 2.10 bits per heavy atom. The Morgan fingerprint density at radius 1 is 1.35 bits per heavy atom. The first-order chi connectivity index (χ1) is 9.65. The molecule has 0 radical (unpaired) electrons. The van der Waals surface area contributed by atoms with E-state index in [0.29, 0.717) is 6.61 Å². The number of amides is 1. The fourth-order valence-corrected chi connectivity index (χ4v) is 2.53. The van der Waals surface area contributed by atoms with Crippen LogP contribution in [0, 0.1) is 0 Å². The molecule has 20 heavy (non-hydrogen) atoms. The summed E-state index contributed by atoms with van der Waals surface area (Å²) < 4.78 is 5.42. The molecule has 0 aliphatic heterocycles. The van der Waals surface area contributed by atoms with Crippen LogP contribution in [0.25, 0.3) is 0 Å². The molecule has 1 atom stereocenters. The fourth-order valence-electron chi connectivity index (χ4n) is 1.77. The molecule has 1 unspecified atom stereocenters. The van der Waals surface area contributed by atoms with Gasteiger partial charge in [0.25, 0.3) is 0 Å². The van der Waals surface area contributed by atoms with Gasteiger partial charge in [0.1, 0.15) is 5.75 Å². The fraction of sp³-hybridized carbons (Fsp3) is 0.267.